The molecule has 1 aliphatic carbocycles. The van der Waals surface area contributed by atoms with E-state index in [0.717, 1.165) is 34.7 Å². The van der Waals surface area contributed by atoms with Gasteiger partial charge in [0.25, 0.3) is 0 Å². The lowest BCUT2D eigenvalue weighted by Gasteiger charge is -2.39. The van der Waals surface area contributed by atoms with Crippen LogP contribution in [-0.2, 0) is 14.3 Å². The van der Waals surface area contributed by atoms with Crippen molar-refractivity contribution in [1.82, 2.24) is 5.32 Å². The molecular formula is C20H25NO3S. The highest BCUT2D eigenvalue weighted by Crippen LogP contribution is 2.47. The minimum absolute atomic E-state index is 0.0661. The van der Waals surface area contributed by atoms with E-state index in [1.165, 1.54) is 0 Å². The molecule has 0 unspecified atom stereocenters. The number of rotatable bonds is 4. The van der Waals surface area contributed by atoms with Crippen LogP contribution in [0.3, 0.4) is 0 Å². The van der Waals surface area contributed by atoms with Crippen molar-refractivity contribution in [2.75, 3.05) is 6.61 Å². The maximum absolute atomic E-state index is 13.0. The van der Waals surface area contributed by atoms with Crippen LogP contribution in [0.25, 0.3) is 0 Å². The van der Waals surface area contributed by atoms with Gasteiger partial charge in [0.05, 0.1) is 18.1 Å². The molecule has 0 bridgehead atoms. The number of ether oxygens (including phenoxy) is 1. The molecule has 2 aliphatic rings. The zero-order valence-electron chi connectivity index (χ0n) is 15.3. The molecule has 3 rings (SSSR count). The van der Waals surface area contributed by atoms with E-state index in [-0.39, 0.29) is 23.1 Å². The second kappa shape index (κ2) is 6.79. The molecule has 4 nitrogen and oxygen atoms in total. The number of allylic oxidation sites excluding steroid dienone is 3. The van der Waals surface area contributed by atoms with Crippen LogP contribution in [0.15, 0.2) is 40.1 Å². The van der Waals surface area contributed by atoms with Crippen molar-refractivity contribution >= 4 is 23.1 Å². The highest BCUT2D eigenvalue weighted by Gasteiger charge is 2.43. The summed E-state index contributed by atoms with van der Waals surface area (Å²) in [6, 6.07) is 3.96. The number of carbonyl (C=O) groups is 2. The Hall–Kier alpha value is -1.88. The van der Waals surface area contributed by atoms with E-state index in [9.17, 15) is 9.59 Å². The Kier molecular flexibility index (Phi) is 4.87. The number of esters is 1. The summed E-state index contributed by atoms with van der Waals surface area (Å²) in [4.78, 5) is 26.7. The third-order valence-electron chi connectivity index (χ3n) is 4.72. The fraction of sp³-hybridized carbons (Fsp3) is 0.500. The largest absolute Gasteiger partial charge is 0.462 e. The fourth-order valence-electron chi connectivity index (χ4n) is 3.72. The normalized spacial score (nSPS) is 22.6. The third-order valence-corrected chi connectivity index (χ3v) is 5.66. The predicted octanol–water partition coefficient (Wildman–Crippen LogP) is 4.31. The lowest BCUT2D eigenvalue weighted by Crippen LogP contribution is -2.38. The Labute approximate surface area is 153 Å². The molecule has 0 saturated carbocycles. The SMILES string of the molecule is CCCOC(=O)C1=C(C)NC2=C(C(=O)CC(C)(C)C2)[C@H]1c1cccs1. The fourth-order valence-corrected chi connectivity index (χ4v) is 4.56. The van der Waals surface area contributed by atoms with Crippen LogP contribution in [-0.4, -0.2) is 18.4 Å². The zero-order valence-corrected chi connectivity index (χ0v) is 16.1. The number of Topliss-reactive ketones (excluding diaryl/α,β-unsaturated/α-hetero) is 1. The summed E-state index contributed by atoms with van der Waals surface area (Å²) >= 11 is 1.58. The molecule has 1 atom stereocenters. The number of hydrogen-bond donors (Lipinski definition) is 1. The topological polar surface area (TPSA) is 55.4 Å². The lowest BCUT2D eigenvalue weighted by atomic mass is 9.70. The minimum atomic E-state index is -0.325. The molecule has 0 amide bonds. The Morgan fingerprint density at radius 3 is 2.80 bits per heavy atom. The average Bonchev–Trinajstić information content (AvgIpc) is 3.04. The second-order valence-corrected chi connectivity index (χ2v) is 8.56. The van der Waals surface area contributed by atoms with E-state index in [2.05, 4.69) is 19.2 Å². The van der Waals surface area contributed by atoms with Crippen molar-refractivity contribution in [2.45, 2.75) is 52.9 Å². The molecular weight excluding hydrogens is 334 g/mol. The summed E-state index contributed by atoms with van der Waals surface area (Å²) < 4.78 is 5.42. The molecule has 1 aliphatic heterocycles. The standard InChI is InChI=1S/C20H25NO3S/c1-5-8-24-19(23)16-12(2)21-13-10-20(3,4)11-14(22)17(13)18(16)15-7-6-9-25-15/h6-7,9,18,21H,5,8,10-11H2,1-4H3/t18-/m0/s1. The smallest absolute Gasteiger partial charge is 0.336 e. The zero-order chi connectivity index (χ0) is 18.2. The quantitative estimate of drug-likeness (QED) is 0.814. The molecule has 1 aromatic rings. The van der Waals surface area contributed by atoms with Gasteiger partial charge in [-0.15, -0.1) is 11.3 Å². The molecule has 0 saturated heterocycles. The number of thiophene rings is 1. The summed E-state index contributed by atoms with van der Waals surface area (Å²) in [5, 5.41) is 5.33. The van der Waals surface area contributed by atoms with Crippen LogP contribution in [0.1, 0.15) is 57.8 Å². The summed E-state index contributed by atoms with van der Waals surface area (Å²) in [7, 11) is 0. The summed E-state index contributed by atoms with van der Waals surface area (Å²) in [5.74, 6) is -0.510. The predicted molar refractivity (Wildman–Crippen MR) is 99.2 cm³/mol. The number of carbonyl (C=O) groups excluding carboxylic acids is 2. The van der Waals surface area contributed by atoms with Crippen molar-refractivity contribution in [1.29, 1.82) is 0 Å². The molecule has 25 heavy (non-hydrogen) atoms. The first-order valence-corrected chi connectivity index (χ1v) is 9.66. The number of ketones is 1. The molecule has 134 valence electrons. The van der Waals surface area contributed by atoms with E-state index in [1.807, 2.05) is 31.4 Å². The van der Waals surface area contributed by atoms with Crippen molar-refractivity contribution in [2.24, 2.45) is 5.41 Å². The first-order valence-electron chi connectivity index (χ1n) is 8.78. The molecule has 0 spiro atoms. The van der Waals surface area contributed by atoms with Crippen LogP contribution in [0.4, 0.5) is 0 Å². The Morgan fingerprint density at radius 1 is 1.40 bits per heavy atom. The van der Waals surface area contributed by atoms with Gasteiger partial charge in [-0.3, -0.25) is 4.79 Å². The van der Waals surface area contributed by atoms with Crippen LogP contribution < -0.4 is 5.32 Å². The van der Waals surface area contributed by atoms with Crippen LogP contribution in [0.2, 0.25) is 0 Å². The van der Waals surface area contributed by atoms with Gasteiger partial charge in [0.2, 0.25) is 0 Å². The van der Waals surface area contributed by atoms with Gasteiger partial charge in [-0.2, -0.15) is 0 Å². The van der Waals surface area contributed by atoms with Gasteiger partial charge in [-0.1, -0.05) is 26.8 Å². The Morgan fingerprint density at radius 2 is 2.16 bits per heavy atom. The molecule has 0 fully saturated rings. The van der Waals surface area contributed by atoms with Crippen molar-refractivity contribution in [3.63, 3.8) is 0 Å². The van der Waals surface area contributed by atoms with E-state index in [0.29, 0.717) is 18.6 Å². The van der Waals surface area contributed by atoms with Gasteiger partial charge in [-0.05, 0) is 36.6 Å². The van der Waals surface area contributed by atoms with Gasteiger partial charge < -0.3 is 10.1 Å². The minimum Gasteiger partial charge on any atom is -0.462 e. The van der Waals surface area contributed by atoms with Gasteiger partial charge >= 0.3 is 5.97 Å². The van der Waals surface area contributed by atoms with Gasteiger partial charge in [-0.25, -0.2) is 4.79 Å². The molecule has 0 radical (unpaired) electrons. The molecule has 1 N–H and O–H groups in total. The molecule has 0 aromatic carbocycles. The third kappa shape index (κ3) is 3.43. The maximum atomic E-state index is 13.0. The molecule has 2 heterocycles. The highest BCUT2D eigenvalue weighted by atomic mass is 32.1. The maximum Gasteiger partial charge on any atom is 0.336 e. The van der Waals surface area contributed by atoms with Crippen molar-refractivity contribution in [3.05, 3.63) is 44.9 Å². The summed E-state index contributed by atoms with van der Waals surface area (Å²) in [6.45, 7) is 8.48. The summed E-state index contributed by atoms with van der Waals surface area (Å²) in [6.07, 6.45) is 2.09. The average molecular weight is 359 g/mol. The second-order valence-electron chi connectivity index (χ2n) is 7.58. The number of dihydropyridines is 1. The van der Waals surface area contributed by atoms with Crippen LogP contribution in [0.5, 0.6) is 0 Å². The Balaban J connectivity index is 2.08. The van der Waals surface area contributed by atoms with Crippen molar-refractivity contribution in [3.8, 4) is 0 Å². The monoisotopic (exact) mass is 359 g/mol. The molecule has 5 heteroatoms. The van der Waals surface area contributed by atoms with Gasteiger partial charge in [0.15, 0.2) is 5.78 Å². The van der Waals surface area contributed by atoms with E-state index in [4.69, 9.17) is 4.74 Å². The van der Waals surface area contributed by atoms with Crippen LogP contribution >= 0.6 is 11.3 Å². The van der Waals surface area contributed by atoms with Gasteiger partial charge in [0.1, 0.15) is 0 Å². The van der Waals surface area contributed by atoms with E-state index in [1.54, 1.807) is 11.3 Å². The highest BCUT2D eigenvalue weighted by molar-refractivity contribution is 7.10. The van der Waals surface area contributed by atoms with E-state index < -0.39 is 0 Å². The lowest BCUT2D eigenvalue weighted by molar-refractivity contribution is -0.139. The Bertz CT molecular complexity index is 756. The first-order chi connectivity index (χ1) is 11.8. The van der Waals surface area contributed by atoms with Crippen LogP contribution in [0, 0.1) is 5.41 Å². The van der Waals surface area contributed by atoms with Gasteiger partial charge in [0, 0.05) is 28.3 Å². The number of nitrogens with one attached hydrogen (secondary N) is 1. The van der Waals surface area contributed by atoms with Crippen molar-refractivity contribution < 1.29 is 14.3 Å². The first kappa shape index (κ1) is 17.9. The summed E-state index contributed by atoms with van der Waals surface area (Å²) in [5.41, 5.74) is 3.01. The molecule has 1 aromatic heterocycles. The number of hydrogen-bond acceptors (Lipinski definition) is 5. The van der Waals surface area contributed by atoms with E-state index >= 15 is 0 Å².